The zero-order valence-electron chi connectivity index (χ0n) is 18.3. The number of carbonyl (C=O) groups is 2. The van der Waals surface area contributed by atoms with Crippen LogP contribution >= 0.6 is 11.6 Å². The second-order valence-corrected chi connectivity index (χ2v) is 8.40. The topological polar surface area (TPSA) is 62.7 Å². The molecule has 2 amide bonds. The fourth-order valence-electron chi connectivity index (χ4n) is 3.94. The summed E-state index contributed by atoms with van der Waals surface area (Å²) in [4.78, 5) is 33.6. The van der Waals surface area contributed by atoms with Gasteiger partial charge >= 0.3 is 6.09 Å². The van der Waals surface area contributed by atoms with Crippen LogP contribution in [0.2, 0.25) is 5.02 Å². The first-order valence-electron chi connectivity index (χ1n) is 10.9. The van der Waals surface area contributed by atoms with Crippen molar-refractivity contribution < 1.29 is 14.3 Å². The van der Waals surface area contributed by atoms with Crippen molar-refractivity contribution in [2.45, 2.75) is 26.3 Å². The summed E-state index contributed by atoms with van der Waals surface area (Å²) in [6, 6.07) is 17.0. The summed E-state index contributed by atoms with van der Waals surface area (Å²) in [7, 11) is 0. The number of halogens is 1. The van der Waals surface area contributed by atoms with Gasteiger partial charge < -0.3 is 14.5 Å². The van der Waals surface area contributed by atoms with Gasteiger partial charge in [0.25, 0.3) is 5.91 Å². The molecule has 1 fully saturated rings. The van der Waals surface area contributed by atoms with E-state index in [1.165, 1.54) is 0 Å². The third-order valence-electron chi connectivity index (χ3n) is 5.65. The Balaban J connectivity index is 1.54. The van der Waals surface area contributed by atoms with Gasteiger partial charge in [-0.25, -0.2) is 9.78 Å². The minimum absolute atomic E-state index is 0.0802. The number of pyridine rings is 1. The SMILES string of the molecule is CCCOC(=O)N1CCN(C(=O)c2ccc3c(Cl)cc(-c4ccccc4)nc3c2)CC1C. The molecule has 0 N–H and O–H groups in total. The van der Waals surface area contributed by atoms with Crippen LogP contribution in [0.25, 0.3) is 22.2 Å². The van der Waals surface area contributed by atoms with E-state index in [2.05, 4.69) is 0 Å². The molecule has 1 aliphatic heterocycles. The Morgan fingerprint density at radius 3 is 2.62 bits per heavy atom. The van der Waals surface area contributed by atoms with Crippen LogP contribution in [0.4, 0.5) is 4.79 Å². The van der Waals surface area contributed by atoms with Crippen LogP contribution < -0.4 is 0 Å². The van der Waals surface area contributed by atoms with Crippen molar-refractivity contribution in [3.8, 4) is 11.3 Å². The number of hydrogen-bond acceptors (Lipinski definition) is 4. The lowest BCUT2D eigenvalue weighted by Crippen LogP contribution is -2.55. The van der Waals surface area contributed by atoms with Gasteiger partial charge in [-0.3, -0.25) is 4.79 Å². The van der Waals surface area contributed by atoms with Crippen LogP contribution in [0.1, 0.15) is 30.6 Å². The molecule has 0 bridgehead atoms. The number of rotatable bonds is 4. The van der Waals surface area contributed by atoms with Gasteiger partial charge in [-0.2, -0.15) is 0 Å². The molecular weight excluding hydrogens is 426 g/mol. The van der Waals surface area contributed by atoms with E-state index in [1.807, 2.05) is 56.3 Å². The average molecular weight is 452 g/mol. The van der Waals surface area contributed by atoms with Crippen molar-refractivity contribution in [1.29, 1.82) is 0 Å². The molecule has 0 spiro atoms. The molecule has 1 aromatic heterocycles. The Bertz CT molecular complexity index is 1140. The molecule has 0 saturated carbocycles. The summed E-state index contributed by atoms with van der Waals surface area (Å²) in [5.74, 6) is -0.0802. The lowest BCUT2D eigenvalue weighted by Gasteiger charge is -2.39. The number of carbonyl (C=O) groups excluding carboxylic acids is 2. The molecule has 4 rings (SSSR count). The number of piperazine rings is 1. The van der Waals surface area contributed by atoms with Gasteiger partial charge in [0, 0.05) is 42.2 Å². The minimum atomic E-state index is -0.315. The first-order chi connectivity index (χ1) is 15.5. The van der Waals surface area contributed by atoms with Gasteiger partial charge in [0.15, 0.2) is 0 Å². The molecule has 2 aromatic carbocycles. The van der Waals surface area contributed by atoms with E-state index in [0.29, 0.717) is 42.3 Å². The number of fused-ring (bicyclic) bond motifs is 1. The molecular formula is C25H26ClN3O3. The summed E-state index contributed by atoms with van der Waals surface area (Å²) < 4.78 is 5.25. The summed E-state index contributed by atoms with van der Waals surface area (Å²) in [5.41, 5.74) is 2.96. The normalized spacial score (nSPS) is 16.3. The highest BCUT2D eigenvalue weighted by Crippen LogP contribution is 2.29. The molecule has 2 heterocycles. The highest BCUT2D eigenvalue weighted by molar-refractivity contribution is 6.35. The van der Waals surface area contributed by atoms with Crippen LogP contribution in [0.3, 0.4) is 0 Å². The van der Waals surface area contributed by atoms with Crippen molar-refractivity contribution in [3.63, 3.8) is 0 Å². The molecule has 32 heavy (non-hydrogen) atoms. The van der Waals surface area contributed by atoms with Crippen LogP contribution in [0.15, 0.2) is 54.6 Å². The average Bonchev–Trinajstić information content (AvgIpc) is 2.82. The first-order valence-corrected chi connectivity index (χ1v) is 11.2. The van der Waals surface area contributed by atoms with E-state index in [0.717, 1.165) is 23.1 Å². The van der Waals surface area contributed by atoms with Crippen LogP contribution in [-0.4, -0.2) is 59.1 Å². The Morgan fingerprint density at radius 1 is 1.12 bits per heavy atom. The molecule has 0 radical (unpaired) electrons. The Kier molecular flexibility index (Phi) is 6.61. The lowest BCUT2D eigenvalue weighted by molar-refractivity contribution is 0.0412. The summed E-state index contributed by atoms with van der Waals surface area (Å²) in [6.07, 6.45) is 0.467. The lowest BCUT2D eigenvalue weighted by atomic mass is 10.1. The Morgan fingerprint density at radius 2 is 1.91 bits per heavy atom. The van der Waals surface area contributed by atoms with Crippen molar-refractivity contribution >= 4 is 34.5 Å². The Labute approximate surface area is 192 Å². The third kappa shape index (κ3) is 4.55. The van der Waals surface area contributed by atoms with Gasteiger partial charge in [0.05, 0.1) is 22.8 Å². The zero-order chi connectivity index (χ0) is 22.7. The maximum absolute atomic E-state index is 13.2. The fraction of sp³-hybridized carbons (Fsp3) is 0.320. The van der Waals surface area contributed by atoms with E-state index < -0.39 is 0 Å². The molecule has 1 unspecified atom stereocenters. The molecule has 1 saturated heterocycles. The van der Waals surface area contributed by atoms with E-state index in [1.54, 1.807) is 21.9 Å². The van der Waals surface area contributed by atoms with Gasteiger partial charge in [-0.15, -0.1) is 0 Å². The van der Waals surface area contributed by atoms with Crippen molar-refractivity contribution in [3.05, 3.63) is 65.2 Å². The van der Waals surface area contributed by atoms with Crippen molar-refractivity contribution in [2.75, 3.05) is 26.2 Å². The molecule has 1 aliphatic rings. The predicted molar refractivity (Wildman–Crippen MR) is 126 cm³/mol. The van der Waals surface area contributed by atoms with E-state index in [4.69, 9.17) is 21.3 Å². The van der Waals surface area contributed by atoms with E-state index in [-0.39, 0.29) is 18.0 Å². The standard InChI is InChI=1S/C25H26ClN3O3/c1-3-13-32-25(31)29-12-11-28(16-17(29)2)24(30)19-9-10-20-21(26)15-22(27-23(20)14-19)18-7-5-4-6-8-18/h4-10,14-15,17H,3,11-13,16H2,1-2H3. The summed E-state index contributed by atoms with van der Waals surface area (Å²) >= 11 is 6.51. The number of nitrogens with zero attached hydrogens (tertiary/aromatic N) is 3. The second kappa shape index (κ2) is 9.57. The fourth-order valence-corrected chi connectivity index (χ4v) is 4.21. The highest BCUT2D eigenvalue weighted by Gasteiger charge is 2.31. The maximum atomic E-state index is 13.2. The molecule has 7 heteroatoms. The molecule has 0 aliphatic carbocycles. The number of aromatic nitrogens is 1. The van der Waals surface area contributed by atoms with E-state index in [9.17, 15) is 9.59 Å². The maximum Gasteiger partial charge on any atom is 0.410 e. The minimum Gasteiger partial charge on any atom is -0.449 e. The summed E-state index contributed by atoms with van der Waals surface area (Å²) in [5, 5.41) is 1.40. The van der Waals surface area contributed by atoms with Gasteiger partial charge in [-0.1, -0.05) is 54.9 Å². The van der Waals surface area contributed by atoms with Crippen LogP contribution in [0, 0.1) is 0 Å². The third-order valence-corrected chi connectivity index (χ3v) is 5.97. The number of benzene rings is 2. The molecule has 3 aromatic rings. The van der Waals surface area contributed by atoms with E-state index >= 15 is 0 Å². The predicted octanol–water partition coefficient (Wildman–Crippen LogP) is 5.25. The number of amides is 2. The van der Waals surface area contributed by atoms with Crippen LogP contribution in [-0.2, 0) is 4.74 Å². The molecule has 166 valence electrons. The van der Waals surface area contributed by atoms with Crippen molar-refractivity contribution in [2.24, 2.45) is 0 Å². The summed E-state index contributed by atoms with van der Waals surface area (Å²) in [6.45, 7) is 5.66. The highest BCUT2D eigenvalue weighted by atomic mass is 35.5. The van der Waals surface area contributed by atoms with Crippen molar-refractivity contribution in [1.82, 2.24) is 14.8 Å². The van der Waals surface area contributed by atoms with Gasteiger partial charge in [0.1, 0.15) is 0 Å². The Hall–Kier alpha value is -3.12. The number of hydrogen-bond donors (Lipinski definition) is 0. The second-order valence-electron chi connectivity index (χ2n) is 8.00. The van der Waals surface area contributed by atoms with Crippen LogP contribution in [0.5, 0.6) is 0 Å². The quantitative estimate of drug-likeness (QED) is 0.543. The monoisotopic (exact) mass is 451 g/mol. The molecule has 6 nitrogen and oxygen atoms in total. The molecule has 1 atom stereocenters. The first kappa shape index (κ1) is 22.1. The van der Waals surface area contributed by atoms with Gasteiger partial charge in [0.2, 0.25) is 0 Å². The zero-order valence-corrected chi connectivity index (χ0v) is 19.0. The smallest absolute Gasteiger partial charge is 0.410 e. The number of ether oxygens (including phenoxy) is 1. The largest absolute Gasteiger partial charge is 0.449 e. The van der Waals surface area contributed by atoms with Gasteiger partial charge in [-0.05, 0) is 31.5 Å².